The number of rotatable bonds is 10. The first-order valence-corrected chi connectivity index (χ1v) is 11.1. The number of hydrogen-bond acceptors (Lipinski definition) is 4. The van der Waals surface area contributed by atoms with Gasteiger partial charge in [0.25, 0.3) is 0 Å². The van der Waals surface area contributed by atoms with Crippen molar-refractivity contribution in [2.45, 2.75) is 51.7 Å². The molecule has 0 radical (unpaired) electrons. The molecule has 2 atom stereocenters. The molecule has 0 bridgehead atoms. The van der Waals surface area contributed by atoms with Gasteiger partial charge in [0.1, 0.15) is 13.2 Å². The van der Waals surface area contributed by atoms with E-state index < -0.39 is 0 Å². The number of carbonyl (C=O) groups is 2. The molecule has 2 unspecified atom stereocenters. The second-order valence-electron chi connectivity index (χ2n) is 7.77. The molecule has 0 aliphatic heterocycles. The molecular formula is C28H30O4. The lowest BCUT2D eigenvalue weighted by atomic mass is 9.97. The third kappa shape index (κ3) is 6.30. The van der Waals surface area contributed by atoms with Crippen LogP contribution in [0.2, 0.25) is 0 Å². The largest absolute Gasteiger partial charge is 0.460 e. The van der Waals surface area contributed by atoms with E-state index in [2.05, 4.69) is 0 Å². The van der Waals surface area contributed by atoms with Crippen LogP contribution in [0.4, 0.5) is 0 Å². The van der Waals surface area contributed by atoms with E-state index in [1.54, 1.807) is 0 Å². The molecule has 0 fully saturated rings. The smallest absolute Gasteiger partial charge is 0.313 e. The molecule has 0 aromatic heterocycles. The molecule has 0 saturated heterocycles. The summed E-state index contributed by atoms with van der Waals surface area (Å²) in [5, 5.41) is 0. The maximum absolute atomic E-state index is 12.5. The van der Waals surface area contributed by atoms with Crippen molar-refractivity contribution in [2.75, 3.05) is 0 Å². The molecule has 0 aliphatic carbocycles. The molecule has 166 valence electrons. The molecular weight excluding hydrogens is 400 g/mol. The van der Waals surface area contributed by atoms with E-state index in [1.807, 2.05) is 98.8 Å². The highest BCUT2D eigenvalue weighted by Gasteiger charge is 2.21. The van der Waals surface area contributed by atoms with Crippen LogP contribution in [0.25, 0.3) is 0 Å². The molecule has 3 aromatic rings. The Morgan fingerprint density at radius 3 is 1.25 bits per heavy atom. The van der Waals surface area contributed by atoms with Gasteiger partial charge in [-0.25, -0.2) is 0 Å². The second kappa shape index (κ2) is 11.8. The molecule has 0 heterocycles. The topological polar surface area (TPSA) is 52.6 Å². The van der Waals surface area contributed by atoms with E-state index in [0.29, 0.717) is 12.8 Å². The van der Waals surface area contributed by atoms with Gasteiger partial charge in [0, 0.05) is 0 Å². The van der Waals surface area contributed by atoms with Crippen molar-refractivity contribution in [2.24, 2.45) is 0 Å². The van der Waals surface area contributed by atoms with Crippen LogP contribution < -0.4 is 0 Å². The van der Waals surface area contributed by atoms with Crippen LogP contribution in [-0.2, 0) is 32.3 Å². The van der Waals surface area contributed by atoms with Crippen molar-refractivity contribution in [3.8, 4) is 0 Å². The van der Waals surface area contributed by atoms with Crippen LogP contribution >= 0.6 is 0 Å². The van der Waals surface area contributed by atoms with E-state index in [9.17, 15) is 9.59 Å². The molecule has 32 heavy (non-hydrogen) atoms. The maximum Gasteiger partial charge on any atom is 0.313 e. The van der Waals surface area contributed by atoms with Gasteiger partial charge < -0.3 is 9.47 Å². The van der Waals surface area contributed by atoms with E-state index in [1.165, 1.54) is 0 Å². The second-order valence-corrected chi connectivity index (χ2v) is 7.77. The molecule has 0 aliphatic rings. The van der Waals surface area contributed by atoms with E-state index >= 15 is 0 Å². The maximum atomic E-state index is 12.5. The van der Waals surface area contributed by atoms with E-state index in [-0.39, 0.29) is 37.0 Å². The van der Waals surface area contributed by atoms with Gasteiger partial charge in [-0.1, -0.05) is 98.8 Å². The lowest BCUT2D eigenvalue weighted by Crippen LogP contribution is -2.15. The van der Waals surface area contributed by atoms with Crippen LogP contribution in [0.1, 0.15) is 60.8 Å². The van der Waals surface area contributed by atoms with Crippen molar-refractivity contribution >= 4 is 11.9 Å². The van der Waals surface area contributed by atoms with Gasteiger partial charge in [-0.05, 0) is 35.1 Å². The molecule has 0 spiro atoms. The lowest BCUT2D eigenvalue weighted by molar-refractivity contribution is -0.147. The summed E-state index contributed by atoms with van der Waals surface area (Å²) in [6.45, 7) is 4.40. The Hall–Kier alpha value is -3.40. The van der Waals surface area contributed by atoms with Gasteiger partial charge in [0.05, 0.1) is 11.8 Å². The molecule has 0 saturated carbocycles. The fraction of sp³-hybridized carbons (Fsp3) is 0.286. The number of ether oxygens (including phenoxy) is 2. The van der Waals surface area contributed by atoms with Crippen molar-refractivity contribution < 1.29 is 19.1 Å². The Labute approximate surface area is 190 Å². The molecule has 4 nitrogen and oxygen atoms in total. The number of esters is 2. The predicted octanol–water partition coefficient (Wildman–Crippen LogP) is 6.16. The van der Waals surface area contributed by atoms with Crippen molar-refractivity contribution in [3.63, 3.8) is 0 Å². The number of hydrogen-bond donors (Lipinski definition) is 0. The Morgan fingerprint density at radius 2 is 0.938 bits per heavy atom. The molecule has 3 rings (SSSR count). The molecule has 0 N–H and O–H groups in total. The van der Waals surface area contributed by atoms with Gasteiger partial charge in [-0.3, -0.25) is 9.59 Å². The number of benzene rings is 3. The van der Waals surface area contributed by atoms with Gasteiger partial charge in [0.2, 0.25) is 0 Å². The summed E-state index contributed by atoms with van der Waals surface area (Å²) in [4.78, 5) is 25.0. The van der Waals surface area contributed by atoms with Gasteiger partial charge in [0.15, 0.2) is 0 Å². The zero-order valence-electron chi connectivity index (χ0n) is 18.7. The number of carbonyl (C=O) groups excluding carboxylic acids is 2. The summed E-state index contributed by atoms with van der Waals surface area (Å²) in [6, 6.07) is 27.0. The van der Waals surface area contributed by atoms with Crippen LogP contribution in [0.3, 0.4) is 0 Å². The molecule has 0 amide bonds. The Bertz CT molecular complexity index is 898. The van der Waals surface area contributed by atoms with Crippen LogP contribution in [0.5, 0.6) is 0 Å². The minimum Gasteiger partial charge on any atom is -0.460 e. The molecule has 3 aromatic carbocycles. The van der Waals surface area contributed by atoms with Gasteiger partial charge in [-0.2, -0.15) is 0 Å². The highest BCUT2D eigenvalue weighted by atomic mass is 16.5. The fourth-order valence-electron chi connectivity index (χ4n) is 3.69. The van der Waals surface area contributed by atoms with Crippen LogP contribution in [0, 0.1) is 0 Å². The SMILES string of the molecule is CCC(C(=O)OCc1ccc(COC(=O)C(CC)c2ccccc2)cc1)c1ccccc1. The highest BCUT2D eigenvalue weighted by Crippen LogP contribution is 2.23. The first kappa shape index (κ1) is 23.3. The highest BCUT2D eigenvalue weighted by molar-refractivity contribution is 5.78. The molecule has 4 heteroatoms. The zero-order chi connectivity index (χ0) is 22.8. The minimum atomic E-state index is -0.258. The summed E-state index contributed by atoms with van der Waals surface area (Å²) < 4.78 is 11.1. The first-order chi connectivity index (χ1) is 15.6. The normalized spacial score (nSPS) is 12.6. The lowest BCUT2D eigenvalue weighted by Gasteiger charge is -2.15. The zero-order valence-corrected chi connectivity index (χ0v) is 18.7. The first-order valence-electron chi connectivity index (χ1n) is 11.1. The fourth-order valence-corrected chi connectivity index (χ4v) is 3.69. The Morgan fingerprint density at radius 1 is 0.594 bits per heavy atom. The third-order valence-corrected chi connectivity index (χ3v) is 5.57. The van der Waals surface area contributed by atoms with Gasteiger partial charge in [-0.15, -0.1) is 0 Å². The monoisotopic (exact) mass is 430 g/mol. The van der Waals surface area contributed by atoms with E-state index in [4.69, 9.17) is 9.47 Å². The third-order valence-electron chi connectivity index (χ3n) is 5.57. The van der Waals surface area contributed by atoms with Crippen LogP contribution in [0.15, 0.2) is 84.9 Å². The summed E-state index contributed by atoms with van der Waals surface area (Å²) >= 11 is 0. The Balaban J connectivity index is 1.50. The summed E-state index contributed by atoms with van der Waals surface area (Å²) in [7, 11) is 0. The standard InChI is InChI=1S/C28H30O4/c1-3-25(23-11-7-5-8-12-23)27(29)31-19-21-15-17-22(18-16-21)20-32-28(30)26(4-2)24-13-9-6-10-14-24/h5-18,25-26H,3-4,19-20H2,1-2H3. The summed E-state index contributed by atoms with van der Waals surface area (Å²) in [5.41, 5.74) is 3.73. The summed E-state index contributed by atoms with van der Waals surface area (Å²) in [6.07, 6.45) is 1.38. The average molecular weight is 431 g/mol. The summed E-state index contributed by atoms with van der Waals surface area (Å²) in [5.74, 6) is -0.955. The van der Waals surface area contributed by atoms with Crippen LogP contribution in [-0.4, -0.2) is 11.9 Å². The van der Waals surface area contributed by atoms with Crippen molar-refractivity contribution in [1.29, 1.82) is 0 Å². The predicted molar refractivity (Wildman–Crippen MR) is 125 cm³/mol. The van der Waals surface area contributed by atoms with Crippen molar-refractivity contribution in [1.82, 2.24) is 0 Å². The minimum absolute atomic E-state index is 0.216. The Kier molecular flexibility index (Phi) is 8.61. The average Bonchev–Trinajstić information content (AvgIpc) is 2.84. The van der Waals surface area contributed by atoms with E-state index in [0.717, 1.165) is 22.3 Å². The van der Waals surface area contributed by atoms with Crippen molar-refractivity contribution in [3.05, 3.63) is 107 Å². The van der Waals surface area contributed by atoms with Gasteiger partial charge >= 0.3 is 11.9 Å². The quantitative estimate of drug-likeness (QED) is 0.362.